The fourth-order valence-corrected chi connectivity index (χ4v) is 2.83. The van der Waals surface area contributed by atoms with Gasteiger partial charge in [0.05, 0.1) is 11.9 Å². The average molecular weight is 328 g/mol. The van der Waals surface area contributed by atoms with E-state index in [2.05, 4.69) is 15.7 Å². The molecule has 1 aromatic heterocycles. The Morgan fingerprint density at radius 2 is 1.96 bits per heavy atom. The lowest BCUT2D eigenvalue weighted by atomic mass is 10.0. The molecule has 0 aliphatic carbocycles. The predicted octanol–water partition coefficient (Wildman–Crippen LogP) is 3.57. The van der Waals surface area contributed by atoms with Gasteiger partial charge in [-0.15, -0.1) is 0 Å². The first-order valence-electron chi connectivity index (χ1n) is 8.35. The lowest BCUT2D eigenvalue weighted by Gasteiger charge is -2.21. The molecule has 2 amide bonds. The van der Waals surface area contributed by atoms with Crippen molar-refractivity contribution >= 4 is 17.4 Å². The topological polar surface area (TPSA) is 68.2 Å². The summed E-state index contributed by atoms with van der Waals surface area (Å²) >= 11 is 0. The molecule has 6 nitrogen and oxygen atoms in total. The van der Waals surface area contributed by atoms with E-state index >= 15 is 0 Å². The second kappa shape index (κ2) is 7.49. The number of nitrogens with one attached hydrogen (secondary N) is 2. The molecule has 0 saturated carbocycles. The van der Waals surface area contributed by atoms with E-state index in [1.807, 2.05) is 42.9 Å². The van der Waals surface area contributed by atoms with Crippen molar-refractivity contribution in [3.8, 4) is 0 Å². The van der Waals surface area contributed by atoms with Gasteiger partial charge in [-0.1, -0.05) is 6.07 Å². The summed E-state index contributed by atoms with van der Waals surface area (Å²) in [6.07, 6.45) is 5.68. The number of carbonyl (C=O) groups excluding carboxylic acids is 1. The smallest absolute Gasteiger partial charge is 0.323 e. The number of amides is 2. The Morgan fingerprint density at radius 1 is 1.21 bits per heavy atom. The molecule has 0 atom stereocenters. The molecule has 6 heteroatoms. The summed E-state index contributed by atoms with van der Waals surface area (Å²) in [5.41, 5.74) is 3.83. The van der Waals surface area contributed by atoms with Crippen molar-refractivity contribution in [2.75, 3.05) is 23.8 Å². The molecule has 1 fully saturated rings. The van der Waals surface area contributed by atoms with Crippen LogP contribution in [-0.4, -0.2) is 29.0 Å². The molecule has 3 rings (SSSR count). The van der Waals surface area contributed by atoms with Gasteiger partial charge >= 0.3 is 6.03 Å². The normalized spacial score (nSPS) is 15.2. The highest BCUT2D eigenvalue weighted by Crippen LogP contribution is 2.18. The molecule has 1 aliphatic heterocycles. The van der Waals surface area contributed by atoms with E-state index in [0.717, 1.165) is 43.9 Å². The predicted molar refractivity (Wildman–Crippen MR) is 94.3 cm³/mol. The number of rotatable bonds is 4. The molecule has 2 N–H and O–H groups in total. The van der Waals surface area contributed by atoms with Crippen molar-refractivity contribution < 1.29 is 9.53 Å². The minimum Gasteiger partial charge on any atom is -0.381 e. The van der Waals surface area contributed by atoms with E-state index in [4.69, 9.17) is 4.74 Å². The van der Waals surface area contributed by atoms with E-state index in [-0.39, 0.29) is 6.03 Å². The largest absolute Gasteiger partial charge is 0.381 e. The van der Waals surface area contributed by atoms with Crippen LogP contribution in [0.25, 0.3) is 0 Å². The fourth-order valence-electron chi connectivity index (χ4n) is 2.83. The van der Waals surface area contributed by atoms with Gasteiger partial charge in [-0.3, -0.25) is 4.68 Å². The van der Waals surface area contributed by atoms with Gasteiger partial charge in [0.2, 0.25) is 0 Å². The molecular weight excluding hydrogens is 304 g/mol. The maximum Gasteiger partial charge on any atom is 0.323 e. The highest BCUT2D eigenvalue weighted by Gasteiger charge is 2.15. The van der Waals surface area contributed by atoms with Gasteiger partial charge in [0, 0.05) is 31.6 Å². The minimum absolute atomic E-state index is 0.260. The molecule has 1 aliphatic rings. The third-order valence-corrected chi connectivity index (χ3v) is 4.44. The van der Waals surface area contributed by atoms with Crippen molar-refractivity contribution in [2.45, 2.75) is 33.2 Å². The van der Waals surface area contributed by atoms with Crippen LogP contribution in [0.5, 0.6) is 0 Å². The first kappa shape index (κ1) is 16.5. The van der Waals surface area contributed by atoms with E-state index in [0.29, 0.717) is 11.6 Å². The molecule has 1 aromatic carbocycles. The molecule has 0 radical (unpaired) electrons. The molecule has 2 heterocycles. The van der Waals surface area contributed by atoms with Crippen LogP contribution in [0.3, 0.4) is 0 Å². The third-order valence-electron chi connectivity index (χ3n) is 4.44. The molecule has 0 bridgehead atoms. The monoisotopic (exact) mass is 328 g/mol. The number of aryl methyl sites for hydroxylation is 2. The van der Waals surface area contributed by atoms with Crippen LogP contribution < -0.4 is 10.6 Å². The molecule has 0 unspecified atom stereocenters. The van der Waals surface area contributed by atoms with Crippen LogP contribution in [0.15, 0.2) is 30.6 Å². The van der Waals surface area contributed by atoms with Crippen LogP contribution in [0, 0.1) is 19.8 Å². The third kappa shape index (κ3) is 4.35. The standard InChI is InChI=1S/C18H24N4O2/c1-13-3-4-16(9-14(13)2)20-18(23)21-17-10-19-22(12-17)11-15-5-7-24-8-6-15/h3-4,9-10,12,15H,5-8,11H2,1-2H3,(H2,20,21,23). The SMILES string of the molecule is Cc1ccc(NC(=O)Nc2cnn(CC3CCOCC3)c2)cc1C. The van der Waals surface area contributed by atoms with Crippen molar-refractivity contribution in [3.05, 3.63) is 41.7 Å². The highest BCUT2D eigenvalue weighted by atomic mass is 16.5. The summed E-state index contributed by atoms with van der Waals surface area (Å²) in [5.74, 6) is 0.593. The number of anilines is 2. The van der Waals surface area contributed by atoms with Gasteiger partial charge in [-0.25, -0.2) is 4.79 Å². The van der Waals surface area contributed by atoms with Gasteiger partial charge < -0.3 is 15.4 Å². The first-order valence-corrected chi connectivity index (χ1v) is 8.35. The van der Waals surface area contributed by atoms with Gasteiger partial charge in [-0.2, -0.15) is 5.10 Å². The summed E-state index contributed by atoms with van der Waals surface area (Å²) in [7, 11) is 0. The van der Waals surface area contributed by atoms with Crippen molar-refractivity contribution in [1.82, 2.24) is 9.78 Å². The summed E-state index contributed by atoms with van der Waals surface area (Å²) in [4.78, 5) is 12.1. The minimum atomic E-state index is -0.260. The second-order valence-electron chi connectivity index (χ2n) is 6.38. The fraction of sp³-hybridized carbons (Fsp3) is 0.444. The number of ether oxygens (including phenoxy) is 1. The Morgan fingerprint density at radius 3 is 2.71 bits per heavy atom. The molecule has 1 saturated heterocycles. The van der Waals surface area contributed by atoms with E-state index in [9.17, 15) is 4.79 Å². The number of aromatic nitrogens is 2. The molecule has 128 valence electrons. The zero-order valence-corrected chi connectivity index (χ0v) is 14.2. The summed E-state index contributed by atoms with van der Waals surface area (Å²) in [5, 5.41) is 10.00. The quantitative estimate of drug-likeness (QED) is 0.901. The first-order chi connectivity index (χ1) is 11.6. The second-order valence-corrected chi connectivity index (χ2v) is 6.38. The van der Waals surface area contributed by atoms with E-state index < -0.39 is 0 Å². The molecule has 0 spiro atoms. The van der Waals surface area contributed by atoms with Crippen LogP contribution >= 0.6 is 0 Å². The van der Waals surface area contributed by atoms with Gasteiger partial charge in [0.25, 0.3) is 0 Å². The summed E-state index contributed by atoms with van der Waals surface area (Å²) < 4.78 is 7.26. The maximum absolute atomic E-state index is 12.1. The number of hydrogen-bond donors (Lipinski definition) is 2. The Balaban J connectivity index is 1.53. The molecule has 2 aromatic rings. The molecule has 24 heavy (non-hydrogen) atoms. The van der Waals surface area contributed by atoms with Crippen LogP contribution in [0.2, 0.25) is 0 Å². The lowest BCUT2D eigenvalue weighted by molar-refractivity contribution is 0.0601. The highest BCUT2D eigenvalue weighted by molar-refractivity contribution is 5.99. The Bertz CT molecular complexity index is 705. The van der Waals surface area contributed by atoms with Crippen LogP contribution in [-0.2, 0) is 11.3 Å². The van der Waals surface area contributed by atoms with Crippen molar-refractivity contribution in [1.29, 1.82) is 0 Å². The Kier molecular flexibility index (Phi) is 5.15. The molecular formula is C18H24N4O2. The number of nitrogens with zero attached hydrogens (tertiary/aromatic N) is 2. The van der Waals surface area contributed by atoms with Crippen LogP contribution in [0.1, 0.15) is 24.0 Å². The van der Waals surface area contributed by atoms with Gasteiger partial charge in [0.15, 0.2) is 0 Å². The van der Waals surface area contributed by atoms with Gasteiger partial charge in [0.1, 0.15) is 0 Å². The van der Waals surface area contributed by atoms with Gasteiger partial charge in [-0.05, 0) is 55.9 Å². The number of benzene rings is 1. The zero-order valence-electron chi connectivity index (χ0n) is 14.2. The van der Waals surface area contributed by atoms with Crippen molar-refractivity contribution in [2.24, 2.45) is 5.92 Å². The Hall–Kier alpha value is -2.34. The Labute approximate surface area is 142 Å². The van der Waals surface area contributed by atoms with Crippen LogP contribution in [0.4, 0.5) is 16.2 Å². The maximum atomic E-state index is 12.1. The number of hydrogen-bond acceptors (Lipinski definition) is 3. The lowest BCUT2D eigenvalue weighted by Crippen LogP contribution is -2.21. The van der Waals surface area contributed by atoms with Crippen molar-refractivity contribution in [3.63, 3.8) is 0 Å². The summed E-state index contributed by atoms with van der Waals surface area (Å²) in [6, 6.07) is 5.60. The zero-order chi connectivity index (χ0) is 16.9. The number of urea groups is 1. The van der Waals surface area contributed by atoms with E-state index in [1.165, 1.54) is 5.56 Å². The van der Waals surface area contributed by atoms with E-state index in [1.54, 1.807) is 6.20 Å². The summed E-state index contributed by atoms with van der Waals surface area (Å²) in [6.45, 7) is 6.60. The average Bonchev–Trinajstić information content (AvgIpc) is 2.99. The number of carbonyl (C=O) groups is 1.